The second-order valence-corrected chi connectivity index (χ2v) is 16.1. The summed E-state index contributed by atoms with van der Waals surface area (Å²) >= 11 is 0. The average molecular weight is 797 g/mol. The molecule has 9 nitrogen and oxygen atoms in total. The van der Waals surface area contributed by atoms with Gasteiger partial charge in [0.1, 0.15) is 19.3 Å². The summed E-state index contributed by atoms with van der Waals surface area (Å²) in [4.78, 5) is 42.8. The standard InChI is InChI=1S/C47H92N2O7/c1-7-13-17-21-24-28-39-53-45(50)34-29-33-44(32-27-20-16-10-4)56-47(52)55-41-38-49(36-35-48(11-5)12-6)37-40-54-46(51)42-43(30-25-22-18-14-8-2)31-26-23-19-15-9-3/h43-44H,7-42H2,1-6H3. The summed E-state index contributed by atoms with van der Waals surface area (Å²) < 4.78 is 22.7. The first kappa shape index (κ1) is 54.1. The lowest BCUT2D eigenvalue weighted by molar-refractivity contribution is -0.145. The van der Waals surface area contributed by atoms with Gasteiger partial charge >= 0.3 is 18.1 Å². The van der Waals surface area contributed by atoms with Gasteiger partial charge in [-0.15, -0.1) is 0 Å². The third-order valence-corrected chi connectivity index (χ3v) is 11.1. The second-order valence-electron chi connectivity index (χ2n) is 16.1. The van der Waals surface area contributed by atoms with E-state index in [2.05, 4.69) is 51.3 Å². The molecule has 0 aromatic carbocycles. The van der Waals surface area contributed by atoms with Crippen LogP contribution in [0.3, 0.4) is 0 Å². The molecule has 0 saturated carbocycles. The zero-order valence-electron chi connectivity index (χ0n) is 37.9. The van der Waals surface area contributed by atoms with E-state index in [4.69, 9.17) is 18.9 Å². The van der Waals surface area contributed by atoms with Crippen molar-refractivity contribution in [1.82, 2.24) is 9.80 Å². The molecule has 0 aliphatic carbocycles. The van der Waals surface area contributed by atoms with Crippen LogP contribution in [0, 0.1) is 5.92 Å². The minimum atomic E-state index is -0.651. The Morgan fingerprint density at radius 1 is 0.429 bits per heavy atom. The molecular formula is C47H92N2O7. The van der Waals surface area contributed by atoms with E-state index in [1.807, 2.05) is 0 Å². The molecule has 9 heteroatoms. The van der Waals surface area contributed by atoms with Crippen LogP contribution in [0.1, 0.15) is 215 Å². The lowest BCUT2D eigenvalue weighted by atomic mass is 9.91. The van der Waals surface area contributed by atoms with E-state index in [1.165, 1.54) is 89.9 Å². The summed E-state index contributed by atoms with van der Waals surface area (Å²) in [5.74, 6) is 0.150. The van der Waals surface area contributed by atoms with Gasteiger partial charge in [0.25, 0.3) is 0 Å². The van der Waals surface area contributed by atoms with Gasteiger partial charge in [-0.3, -0.25) is 14.5 Å². The summed E-state index contributed by atoms with van der Waals surface area (Å²) in [7, 11) is 0. The van der Waals surface area contributed by atoms with E-state index in [0.29, 0.717) is 57.9 Å². The summed E-state index contributed by atoms with van der Waals surface area (Å²) in [6.07, 6.45) is 28.0. The van der Waals surface area contributed by atoms with E-state index >= 15 is 0 Å². The Morgan fingerprint density at radius 3 is 1.45 bits per heavy atom. The topological polar surface area (TPSA) is 94.6 Å². The minimum absolute atomic E-state index is 0.0864. The highest BCUT2D eigenvalue weighted by molar-refractivity contribution is 5.69. The molecule has 0 rings (SSSR count). The van der Waals surface area contributed by atoms with Crippen LogP contribution >= 0.6 is 0 Å². The van der Waals surface area contributed by atoms with Crippen LogP contribution in [-0.4, -0.2) is 93.1 Å². The van der Waals surface area contributed by atoms with Crippen molar-refractivity contribution in [3.63, 3.8) is 0 Å². The molecule has 0 heterocycles. The molecule has 0 fully saturated rings. The highest BCUT2D eigenvalue weighted by atomic mass is 16.7. The van der Waals surface area contributed by atoms with Gasteiger partial charge in [-0.05, 0) is 64.0 Å². The molecule has 332 valence electrons. The summed E-state index contributed by atoms with van der Waals surface area (Å²) in [5.41, 5.74) is 0. The van der Waals surface area contributed by atoms with Crippen molar-refractivity contribution in [2.75, 3.05) is 59.1 Å². The molecular weight excluding hydrogens is 705 g/mol. The van der Waals surface area contributed by atoms with Gasteiger partial charge in [0.2, 0.25) is 0 Å². The van der Waals surface area contributed by atoms with Crippen LogP contribution in [0.5, 0.6) is 0 Å². The van der Waals surface area contributed by atoms with E-state index in [9.17, 15) is 14.4 Å². The van der Waals surface area contributed by atoms with Gasteiger partial charge < -0.3 is 23.8 Å². The lowest BCUT2D eigenvalue weighted by Crippen LogP contribution is -2.39. The predicted molar refractivity (Wildman–Crippen MR) is 233 cm³/mol. The molecule has 0 aromatic rings. The van der Waals surface area contributed by atoms with Crippen molar-refractivity contribution >= 4 is 18.1 Å². The number of esters is 2. The number of hydrogen-bond acceptors (Lipinski definition) is 9. The van der Waals surface area contributed by atoms with Gasteiger partial charge in [-0.25, -0.2) is 4.79 Å². The van der Waals surface area contributed by atoms with Gasteiger partial charge in [0.15, 0.2) is 0 Å². The Morgan fingerprint density at radius 2 is 0.875 bits per heavy atom. The maximum Gasteiger partial charge on any atom is 0.508 e. The number of carbonyl (C=O) groups excluding carboxylic acids is 3. The van der Waals surface area contributed by atoms with Crippen molar-refractivity contribution in [2.45, 2.75) is 221 Å². The molecule has 0 aliphatic heterocycles. The minimum Gasteiger partial charge on any atom is -0.466 e. The fourth-order valence-electron chi connectivity index (χ4n) is 7.27. The number of likely N-dealkylation sites (N-methyl/N-ethyl adjacent to an activating group) is 1. The van der Waals surface area contributed by atoms with Crippen LogP contribution in [0.15, 0.2) is 0 Å². The number of ether oxygens (including phenoxy) is 4. The normalized spacial score (nSPS) is 12.1. The van der Waals surface area contributed by atoms with Gasteiger partial charge in [-0.1, -0.05) is 157 Å². The number of rotatable bonds is 42. The van der Waals surface area contributed by atoms with E-state index < -0.39 is 6.16 Å². The number of carbonyl (C=O) groups is 3. The first-order valence-corrected chi connectivity index (χ1v) is 23.9. The molecule has 0 spiro atoms. The Hall–Kier alpha value is -1.87. The zero-order valence-corrected chi connectivity index (χ0v) is 37.9. The highest BCUT2D eigenvalue weighted by Crippen LogP contribution is 2.23. The maximum atomic E-state index is 13.0. The van der Waals surface area contributed by atoms with E-state index in [0.717, 1.165) is 84.0 Å². The number of nitrogens with zero attached hydrogens (tertiary/aromatic N) is 2. The number of hydrogen-bond donors (Lipinski definition) is 0. The van der Waals surface area contributed by atoms with Crippen molar-refractivity contribution in [1.29, 1.82) is 0 Å². The van der Waals surface area contributed by atoms with Crippen molar-refractivity contribution < 1.29 is 33.3 Å². The second kappa shape index (κ2) is 41.3. The maximum absolute atomic E-state index is 13.0. The average Bonchev–Trinajstić information content (AvgIpc) is 3.18. The third kappa shape index (κ3) is 35.3. The molecule has 56 heavy (non-hydrogen) atoms. The Balaban J connectivity index is 4.96. The van der Waals surface area contributed by atoms with Crippen molar-refractivity contribution in [2.24, 2.45) is 5.92 Å². The van der Waals surface area contributed by atoms with Gasteiger partial charge in [-0.2, -0.15) is 0 Å². The quantitative estimate of drug-likeness (QED) is 0.0340. The first-order chi connectivity index (χ1) is 27.3. The van der Waals surface area contributed by atoms with Crippen LogP contribution in [0.25, 0.3) is 0 Å². The summed E-state index contributed by atoms with van der Waals surface area (Å²) in [6, 6.07) is 0. The van der Waals surface area contributed by atoms with Crippen LogP contribution < -0.4 is 0 Å². The third-order valence-electron chi connectivity index (χ3n) is 11.1. The van der Waals surface area contributed by atoms with Gasteiger partial charge in [0.05, 0.1) is 6.61 Å². The molecule has 0 N–H and O–H groups in total. The molecule has 1 unspecified atom stereocenters. The predicted octanol–water partition coefficient (Wildman–Crippen LogP) is 12.5. The smallest absolute Gasteiger partial charge is 0.466 e. The first-order valence-electron chi connectivity index (χ1n) is 23.9. The van der Waals surface area contributed by atoms with Crippen LogP contribution in [-0.2, 0) is 28.5 Å². The molecule has 1 atom stereocenters. The lowest BCUT2D eigenvalue weighted by Gasteiger charge is -2.26. The van der Waals surface area contributed by atoms with Crippen LogP contribution in [0.2, 0.25) is 0 Å². The molecule has 0 bridgehead atoms. The van der Waals surface area contributed by atoms with E-state index in [1.54, 1.807) is 0 Å². The fraction of sp³-hybridized carbons (Fsp3) is 0.936. The molecule has 0 saturated heterocycles. The Bertz CT molecular complexity index is 871. The molecule has 0 amide bonds. The molecule has 0 aromatic heterocycles. The monoisotopic (exact) mass is 797 g/mol. The molecule has 0 aliphatic rings. The largest absolute Gasteiger partial charge is 0.508 e. The molecule has 0 radical (unpaired) electrons. The van der Waals surface area contributed by atoms with Crippen molar-refractivity contribution in [3.8, 4) is 0 Å². The Kier molecular flexibility index (Phi) is 39.9. The zero-order chi connectivity index (χ0) is 41.3. The summed E-state index contributed by atoms with van der Waals surface area (Å²) in [5, 5.41) is 0. The van der Waals surface area contributed by atoms with Gasteiger partial charge in [0, 0.05) is 39.0 Å². The fourth-order valence-corrected chi connectivity index (χ4v) is 7.27. The van der Waals surface area contributed by atoms with Crippen LogP contribution in [0.4, 0.5) is 4.79 Å². The van der Waals surface area contributed by atoms with Crippen molar-refractivity contribution in [3.05, 3.63) is 0 Å². The summed E-state index contributed by atoms with van der Waals surface area (Å²) in [6.45, 7) is 19.0. The van der Waals surface area contributed by atoms with E-state index in [-0.39, 0.29) is 24.6 Å². The number of unbranched alkanes of at least 4 members (excludes halogenated alkanes) is 16. The SMILES string of the molecule is CCCCCCCCOC(=O)CCCC(CCCCCC)OC(=O)OCCN(CCOC(=O)CC(CCCCCCC)CCCCCCC)CCN(CC)CC. The highest BCUT2D eigenvalue weighted by Gasteiger charge is 2.19. The Labute approximate surface area is 346 Å².